The minimum absolute atomic E-state index is 0.0257. The van der Waals surface area contributed by atoms with Crippen molar-refractivity contribution in [1.82, 2.24) is 0 Å². The summed E-state index contributed by atoms with van der Waals surface area (Å²) in [6, 6.07) is 5.55. The maximum Gasteiger partial charge on any atom is 0.166 e. The van der Waals surface area contributed by atoms with Gasteiger partial charge in [-0.3, -0.25) is 4.79 Å². The Labute approximate surface area is 148 Å². The van der Waals surface area contributed by atoms with E-state index in [1.54, 1.807) is 6.07 Å². The molecule has 0 unspecified atom stereocenters. The largest absolute Gasteiger partial charge is 0.507 e. The second-order valence-corrected chi connectivity index (χ2v) is 8.94. The van der Waals surface area contributed by atoms with E-state index >= 15 is 0 Å². The molecule has 1 aromatic carbocycles. The van der Waals surface area contributed by atoms with Gasteiger partial charge in [-0.15, -0.1) is 0 Å². The highest BCUT2D eigenvalue weighted by Crippen LogP contribution is 2.37. The Kier molecular flexibility index (Phi) is 7.51. The number of ketones is 1. The van der Waals surface area contributed by atoms with Gasteiger partial charge in [-0.1, -0.05) is 73.3 Å². The fourth-order valence-electron chi connectivity index (χ4n) is 3.63. The Morgan fingerprint density at radius 2 is 1.62 bits per heavy atom. The van der Waals surface area contributed by atoms with Crippen LogP contribution in [0.1, 0.15) is 102 Å². The summed E-state index contributed by atoms with van der Waals surface area (Å²) in [5.74, 6) is 0.182. The molecule has 0 aromatic heterocycles. The number of carbonyl (C=O) groups is 1. The molecule has 1 N–H and O–H groups in total. The fourth-order valence-corrected chi connectivity index (χ4v) is 3.63. The maximum absolute atomic E-state index is 12.5. The second-order valence-electron chi connectivity index (χ2n) is 8.94. The molecule has 0 fully saturated rings. The van der Waals surface area contributed by atoms with Crippen LogP contribution in [0.5, 0.6) is 5.75 Å². The highest BCUT2D eigenvalue weighted by atomic mass is 16.3. The zero-order valence-electron chi connectivity index (χ0n) is 16.5. The number of aromatic hydroxyl groups is 1. The van der Waals surface area contributed by atoms with Crippen molar-refractivity contribution in [3.05, 3.63) is 29.3 Å². The Morgan fingerprint density at radius 1 is 1.00 bits per heavy atom. The summed E-state index contributed by atoms with van der Waals surface area (Å²) in [5, 5.41) is 10.1. The first kappa shape index (κ1) is 20.7. The third kappa shape index (κ3) is 6.67. The molecular weight excluding hydrogens is 296 g/mol. The molecular formula is C22H36O2. The van der Waals surface area contributed by atoms with Crippen LogP contribution >= 0.6 is 0 Å². The predicted octanol–water partition coefficient (Wildman–Crippen LogP) is 6.65. The highest BCUT2D eigenvalue weighted by molar-refractivity contribution is 5.98. The summed E-state index contributed by atoms with van der Waals surface area (Å²) in [5.41, 5.74) is 1.81. The van der Waals surface area contributed by atoms with Crippen molar-refractivity contribution >= 4 is 5.78 Å². The quantitative estimate of drug-likeness (QED) is 0.406. The van der Waals surface area contributed by atoms with Gasteiger partial charge in [0, 0.05) is 6.42 Å². The van der Waals surface area contributed by atoms with Gasteiger partial charge in [-0.05, 0) is 41.4 Å². The van der Waals surface area contributed by atoms with Crippen LogP contribution in [0.2, 0.25) is 0 Å². The van der Waals surface area contributed by atoms with Crippen molar-refractivity contribution in [2.24, 2.45) is 5.41 Å². The van der Waals surface area contributed by atoms with Crippen molar-refractivity contribution in [1.29, 1.82) is 0 Å². The molecule has 136 valence electrons. The lowest BCUT2D eigenvalue weighted by Gasteiger charge is -2.33. The van der Waals surface area contributed by atoms with Crippen molar-refractivity contribution in [3.8, 4) is 5.75 Å². The van der Waals surface area contributed by atoms with Gasteiger partial charge in [-0.2, -0.15) is 0 Å². The third-order valence-electron chi connectivity index (χ3n) is 4.56. The van der Waals surface area contributed by atoms with E-state index in [2.05, 4.69) is 41.5 Å². The standard InChI is InChI=1S/C22H36O2/c1-7-8-9-10-11-12-19(23)18-15-17(13-14-20(18)24)22(5,6)16-21(2,3)4/h13-15,24H,7-12,16H2,1-6H3. The van der Waals surface area contributed by atoms with E-state index in [0.717, 1.165) is 24.8 Å². The van der Waals surface area contributed by atoms with Gasteiger partial charge in [0.1, 0.15) is 5.75 Å². The molecule has 0 aliphatic rings. The summed E-state index contributed by atoms with van der Waals surface area (Å²) >= 11 is 0. The monoisotopic (exact) mass is 332 g/mol. The molecule has 1 rings (SSSR count). The summed E-state index contributed by atoms with van der Waals surface area (Å²) in [7, 11) is 0. The van der Waals surface area contributed by atoms with Crippen LogP contribution in [0.15, 0.2) is 18.2 Å². The number of hydrogen-bond acceptors (Lipinski definition) is 2. The molecule has 0 bridgehead atoms. The number of Topliss-reactive ketones (excluding diaryl/α,β-unsaturated/α-hetero) is 1. The minimum atomic E-state index is -0.0257. The van der Waals surface area contributed by atoms with E-state index < -0.39 is 0 Å². The number of carbonyl (C=O) groups excluding carboxylic acids is 1. The molecule has 0 saturated heterocycles. The molecule has 0 spiro atoms. The molecule has 0 radical (unpaired) electrons. The third-order valence-corrected chi connectivity index (χ3v) is 4.56. The lowest BCUT2D eigenvalue weighted by Crippen LogP contribution is -2.25. The molecule has 24 heavy (non-hydrogen) atoms. The van der Waals surface area contributed by atoms with E-state index in [1.165, 1.54) is 19.3 Å². The van der Waals surface area contributed by atoms with Gasteiger partial charge in [-0.25, -0.2) is 0 Å². The molecule has 0 amide bonds. The average molecular weight is 333 g/mol. The molecule has 0 heterocycles. The molecule has 0 aliphatic heterocycles. The molecule has 2 heteroatoms. The van der Waals surface area contributed by atoms with Crippen LogP contribution in [0.25, 0.3) is 0 Å². The summed E-state index contributed by atoms with van der Waals surface area (Å²) in [4.78, 5) is 12.5. The Morgan fingerprint density at radius 3 is 2.21 bits per heavy atom. The van der Waals surface area contributed by atoms with E-state index in [0.29, 0.717) is 12.0 Å². The average Bonchev–Trinajstić information content (AvgIpc) is 2.44. The highest BCUT2D eigenvalue weighted by Gasteiger charge is 2.28. The van der Waals surface area contributed by atoms with Crippen molar-refractivity contribution in [2.45, 2.75) is 91.9 Å². The van der Waals surface area contributed by atoms with Crippen molar-refractivity contribution in [2.75, 3.05) is 0 Å². The molecule has 0 saturated carbocycles. The number of phenolic OH excluding ortho intramolecular Hbond substituents is 1. The fraction of sp³-hybridized carbons (Fsp3) is 0.682. The number of rotatable bonds is 9. The first-order valence-corrected chi connectivity index (χ1v) is 9.43. The summed E-state index contributed by atoms with van der Waals surface area (Å²) < 4.78 is 0. The van der Waals surface area contributed by atoms with Crippen LogP contribution in [0.4, 0.5) is 0 Å². The Bertz CT molecular complexity index is 535. The van der Waals surface area contributed by atoms with Gasteiger partial charge in [0.15, 0.2) is 5.78 Å². The van der Waals surface area contributed by atoms with E-state index in [1.807, 2.05) is 12.1 Å². The van der Waals surface area contributed by atoms with Crippen LogP contribution in [0.3, 0.4) is 0 Å². The topological polar surface area (TPSA) is 37.3 Å². The van der Waals surface area contributed by atoms with Crippen LogP contribution < -0.4 is 0 Å². The zero-order chi connectivity index (χ0) is 18.4. The summed E-state index contributed by atoms with van der Waals surface area (Å²) in [6.45, 7) is 13.3. The van der Waals surface area contributed by atoms with Crippen LogP contribution in [-0.2, 0) is 5.41 Å². The van der Waals surface area contributed by atoms with Crippen LogP contribution in [0, 0.1) is 5.41 Å². The maximum atomic E-state index is 12.5. The van der Waals surface area contributed by atoms with Crippen molar-refractivity contribution in [3.63, 3.8) is 0 Å². The SMILES string of the molecule is CCCCCCCC(=O)c1cc(C(C)(C)CC(C)(C)C)ccc1O. The number of hydrogen-bond donors (Lipinski definition) is 1. The second kappa shape index (κ2) is 8.69. The van der Waals surface area contributed by atoms with Gasteiger partial charge < -0.3 is 5.11 Å². The molecule has 0 aliphatic carbocycles. The lowest BCUT2D eigenvalue weighted by molar-refractivity contribution is 0.0976. The van der Waals surface area contributed by atoms with Gasteiger partial charge in [0.25, 0.3) is 0 Å². The number of phenols is 1. The zero-order valence-corrected chi connectivity index (χ0v) is 16.5. The number of benzene rings is 1. The minimum Gasteiger partial charge on any atom is -0.507 e. The molecule has 0 atom stereocenters. The first-order chi connectivity index (χ1) is 11.1. The molecule has 1 aromatic rings. The summed E-state index contributed by atoms with van der Waals surface area (Å²) in [6.07, 6.45) is 7.18. The normalized spacial score (nSPS) is 12.4. The number of unbranched alkanes of at least 4 members (excludes halogenated alkanes) is 4. The smallest absolute Gasteiger partial charge is 0.166 e. The van der Waals surface area contributed by atoms with Gasteiger partial charge in [0.2, 0.25) is 0 Å². The van der Waals surface area contributed by atoms with Crippen LogP contribution in [-0.4, -0.2) is 10.9 Å². The Hall–Kier alpha value is -1.31. The Balaban J connectivity index is 2.84. The predicted molar refractivity (Wildman–Crippen MR) is 103 cm³/mol. The van der Waals surface area contributed by atoms with Crippen molar-refractivity contribution < 1.29 is 9.90 Å². The first-order valence-electron chi connectivity index (χ1n) is 9.43. The molecule has 2 nitrogen and oxygen atoms in total. The lowest BCUT2D eigenvalue weighted by atomic mass is 9.72. The van der Waals surface area contributed by atoms with Gasteiger partial charge in [0.05, 0.1) is 5.56 Å². The van der Waals surface area contributed by atoms with Gasteiger partial charge >= 0.3 is 0 Å². The van der Waals surface area contributed by atoms with E-state index in [4.69, 9.17) is 0 Å². The van der Waals surface area contributed by atoms with E-state index in [9.17, 15) is 9.90 Å². The van der Waals surface area contributed by atoms with E-state index in [-0.39, 0.29) is 22.4 Å².